The summed E-state index contributed by atoms with van der Waals surface area (Å²) in [7, 11) is 0. The molecule has 0 saturated heterocycles. The number of hydrogen-bond acceptors (Lipinski definition) is 3. The Balaban J connectivity index is 1.78. The zero-order chi connectivity index (χ0) is 18.1. The van der Waals surface area contributed by atoms with E-state index in [1.165, 1.54) is 5.56 Å². The van der Waals surface area contributed by atoms with E-state index in [0.29, 0.717) is 30.9 Å². The van der Waals surface area contributed by atoms with Gasteiger partial charge in [0.1, 0.15) is 5.75 Å². The number of aryl methyl sites for hydroxylation is 1. The topological polar surface area (TPSA) is 75.6 Å². The van der Waals surface area contributed by atoms with Gasteiger partial charge in [-0.1, -0.05) is 31.2 Å². The fourth-order valence-electron chi connectivity index (χ4n) is 2.29. The minimum Gasteiger partial charge on any atom is -0.494 e. The van der Waals surface area contributed by atoms with E-state index in [4.69, 9.17) is 9.84 Å². The summed E-state index contributed by atoms with van der Waals surface area (Å²) in [6.45, 7) is 2.89. The standard InChI is InChI=1S/C20H23NO4/c1-2-15-5-9-17(10-6-15)20(24)21-14-16-7-11-18(12-8-16)25-13-3-4-19(22)23/h5-12H,2-4,13-14H2,1H3,(H,21,24)(H,22,23). The highest BCUT2D eigenvalue weighted by atomic mass is 16.5. The number of benzene rings is 2. The second kappa shape index (κ2) is 9.47. The van der Waals surface area contributed by atoms with Crippen LogP contribution in [0.4, 0.5) is 0 Å². The van der Waals surface area contributed by atoms with Gasteiger partial charge in [0.2, 0.25) is 0 Å². The molecule has 2 aromatic carbocycles. The number of nitrogens with one attached hydrogen (secondary N) is 1. The van der Waals surface area contributed by atoms with E-state index in [1.54, 1.807) is 0 Å². The van der Waals surface area contributed by atoms with Crippen LogP contribution >= 0.6 is 0 Å². The normalized spacial score (nSPS) is 10.3. The first-order valence-electron chi connectivity index (χ1n) is 8.39. The van der Waals surface area contributed by atoms with E-state index >= 15 is 0 Å². The quantitative estimate of drug-likeness (QED) is 0.685. The van der Waals surface area contributed by atoms with Gasteiger partial charge in [0.05, 0.1) is 6.61 Å². The second-order valence-corrected chi connectivity index (χ2v) is 5.72. The summed E-state index contributed by atoms with van der Waals surface area (Å²) in [5.74, 6) is -0.230. The average Bonchev–Trinajstić information content (AvgIpc) is 2.64. The third-order valence-electron chi connectivity index (χ3n) is 3.80. The Kier molecular flexibility index (Phi) is 7.01. The maximum atomic E-state index is 12.1. The van der Waals surface area contributed by atoms with Crippen LogP contribution in [-0.4, -0.2) is 23.6 Å². The molecular formula is C20H23NO4. The van der Waals surface area contributed by atoms with Gasteiger partial charge in [-0.2, -0.15) is 0 Å². The number of carbonyl (C=O) groups excluding carboxylic acids is 1. The van der Waals surface area contributed by atoms with Gasteiger partial charge in [-0.05, 0) is 48.2 Å². The summed E-state index contributed by atoms with van der Waals surface area (Å²) < 4.78 is 5.48. The van der Waals surface area contributed by atoms with E-state index in [2.05, 4.69) is 12.2 Å². The van der Waals surface area contributed by atoms with E-state index < -0.39 is 5.97 Å². The molecule has 0 fully saturated rings. The number of carboxylic acid groups (broad SMARTS) is 1. The summed E-state index contributed by atoms with van der Waals surface area (Å²) in [5.41, 5.74) is 2.82. The Morgan fingerprint density at radius 2 is 1.64 bits per heavy atom. The molecule has 0 aliphatic heterocycles. The maximum absolute atomic E-state index is 12.1. The average molecular weight is 341 g/mol. The first-order chi connectivity index (χ1) is 12.1. The van der Waals surface area contributed by atoms with Crippen LogP contribution in [0.3, 0.4) is 0 Å². The van der Waals surface area contributed by atoms with Crippen LogP contribution in [0, 0.1) is 0 Å². The van der Waals surface area contributed by atoms with Gasteiger partial charge in [0.15, 0.2) is 0 Å². The summed E-state index contributed by atoms with van der Waals surface area (Å²) in [4.78, 5) is 22.6. The van der Waals surface area contributed by atoms with Crippen LogP contribution in [0.1, 0.15) is 41.3 Å². The highest BCUT2D eigenvalue weighted by Crippen LogP contribution is 2.13. The Labute approximate surface area is 147 Å². The monoisotopic (exact) mass is 341 g/mol. The molecule has 0 aliphatic carbocycles. The smallest absolute Gasteiger partial charge is 0.303 e. The Morgan fingerprint density at radius 3 is 2.24 bits per heavy atom. The van der Waals surface area contributed by atoms with Crippen molar-refractivity contribution in [3.63, 3.8) is 0 Å². The third kappa shape index (κ3) is 6.30. The highest BCUT2D eigenvalue weighted by molar-refractivity contribution is 5.94. The lowest BCUT2D eigenvalue weighted by Crippen LogP contribution is -2.22. The molecule has 0 aromatic heterocycles. The molecule has 0 unspecified atom stereocenters. The molecule has 0 saturated carbocycles. The number of amides is 1. The minimum absolute atomic E-state index is 0.100. The van der Waals surface area contributed by atoms with Gasteiger partial charge in [0.25, 0.3) is 5.91 Å². The van der Waals surface area contributed by atoms with Crippen LogP contribution < -0.4 is 10.1 Å². The van der Waals surface area contributed by atoms with Crippen molar-refractivity contribution in [3.8, 4) is 5.75 Å². The Bertz CT molecular complexity index is 693. The lowest BCUT2D eigenvalue weighted by Gasteiger charge is -2.08. The zero-order valence-corrected chi connectivity index (χ0v) is 14.3. The van der Waals surface area contributed by atoms with Crippen LogP contribution in [0.15, 0.2) is 48.5 Å². The van der Waals surface area contributed by atoms with Crippen molar-refractivity contribution in [2.45, 2.75) is 32.7 Å². The van der Waals surface area contributed by atoms with Gasteiger partial charge >= 0.3 is 5.97 Å². The minimum atomic E-state index is -0.820. The van der Waals surface area contributed by atoms with Crippen molar-refractivity contribution in [1.82, 2.24) is 5.32 Å². The van der Waals surface area contributed by atoms with Crippen LogP contribution in [0.2, 0.25) is 0 Å². The molecule has 25 heavy (non-hydrogen) atoms. The first kappa shape index (κ1) is 18.5. The second-order valence-electron chi connectivity index (χ2n) is 5.72. The van der Waals surface area contributed by atoms with Gasteiger partial charge < -0.3 is 15.2 Å². The molecule has 132 valence electrons. The summed E-state index contributed by atoms with van der Waals surface area (Å²) >= 11 is 0. The molecule has 1 amide bonds. The summed E-state index contributed by atoms with van der Waals surface area (Å²) in [6, 6.07) is 15.0. The summed E-state index contributed by atoms with van der Waals surface area (Å²) in [5, 5.41) is 11.5. The van der Waals surface area contributed by atoms with Crippen LogP contribution in [0.5, 0.6) is 5.75 Å². The molecule has 0 bridgehead atoms. The van der Waals surface area contributed by atoms with Gasteiger partial charge in [-0.3, -0.25) is 9.59 Å². The lowest BCUT2D eigenvalue weighted by molar-refractivity contribution is -0.137. The predicted octanol–water partition coefficient (Wildman–Crippen LogP) is 3.42. The van der Waals surface area contributed by atoms with Crippen LogP contribution in [-0.2, 0) is 17.8 Å². The molecule has 2 aromatic rings. The van der Waals surface area contributed by atoms with E-state index in [-0.39, 0.29) is 12.3 Å². The number of hydrogen-bond donors (Lipinski definition) is 2. The first-order valence-corrected chi connectivity index (χ1v) is 8.39. The van der Waals surface area contributed by atoms with Crippen molar-refractivity contribution >= 4 is 11.9 Å². The molecule has 5 heteroatoms. The number of rotatable bonds is 9. The molecule has 2 rings (SSSR count). The maximum Gasteiger partial charge on any atom is 0.303 e. The molecular weight excluding hydrogens is 318 g/mol. The molecule has 0 heterocycles. The zero-order valence-electron chi connectivity index (χ0n) is 14.3. The number of ether oxygens (including phenoxy) is 1. The van der Waals surface area contributed by atoms with Crippen molar-refractivity contribution in [2.75, 3.05) is 6.61 Å². The number of carbonyl (C=O) groups is 2. The van der Waals surface area contributed by atoms with Crippen LogP contribution in [0.25, 0.3) is 0 Å². The largest absolute Gasteiger partial charge is 0.494 e. The molecule has 0 atom stereocenters. The van der Waals surface area contributed by atoms with Crippen molar-refractivity contribution in [1.29, 1.82) is 0 Å². The van der Waals surface area contributed by atoms with Crippen molar-refractivity contribution < 1.29 is 19.4 Å². The summed E-state index contributed by atoms with van der Waals surface area (Å²) in [6.07, 6.45) is 1.53. The predicted molar refractivity (Wildman–Crippen MR) is 95.8 cm³/mol. The Morgan fingerprint density at radius 1 is 1.00 bits per heavy atom. The highest BCUT2D eigenvalue weighted by Gasteiger charge is 2.05. The van der Waals surface area contributed by atoms with Gasteiger partial charge in [-0.15, -0.1) is 0 Å². The molecule has 0 aliphatic rings. The SMILES string of the molecule is CCc1ccc(C(=O)NCc2ccc(OCCCC(=O)O)cc2)cc1. The van der Waals surface area contributed by atoms with E-state index in [0.717, 1.165) is 12.0 Å². The molecule has 2 N–H and O–H groups in total. The fourth-order valence-corrected chi connectivity index (χ4v) is 2.29. The van der Waals surface area contributed by atoms with E-state index in [9.17, 15) is 9.59 Å². The van der Waals surface area contributed by atoms with Gasteiger partial charge in [-0.25, -0.2) is 0 Å². The molecule has 5 nitrogen and oxygen atoms in total. The van der Waals surface area contributed by atoms with Gasteiger partial charge in [0, 0.05) is 18.5 Å². The number of aliphatic carboxylic acids is 1. The van der Waals surface area contributed by atoms with Crippen molar-refractivity contribution in [2.24, 2.45) is 0 Å². The fraction of sp³-hybridized carbons (Fsp3) is 0.300. The molecule has 0 radical (unpaired) electrons. The third-order valence-corrected chi connectivity index (χ3v) is 3.80. The molecule has 0 spiro atoms. The number of carboxylic acids is 1. The Hall–Kier alpha value is -2.82. The lowest BCUT2D eigenvalue weighted by atomic mass is 10.1. The van der Waals surface area contributed by atoms with E-state index in [1.807, 2.05) is 48.5 Å². The van der Waals surface area contributed by atoms with Crippen molar-refractivity contribution in [3.05, 3.63) is 65.2 Å².